The van der Waals surface area contributed by atoms with Crippen LogP contribution in [0.15, 0.2) is 48.7 Å². The lowest BCUT2D eigenvalue weighted by molar-refractivity contribution is 0.0947. The summed E-state index contributed by atoms with van der Waals surface area (Å²) in [5.74, 6) is -0.0704. The van der Waals surface area contributed by atoms with Gasteiger partial charge in [-0.05, 0) is 51.4 Å². The molecule has 3 rings (SSSR count). The first-order valence-corrected chi connectivity index (χ1v) is 9.72. The molecule has 0 aliphatic heterocycles. The van der Waals surface area contributed by atoms with Crippen molar-refractivity contribution in [2.45, 2.75) is 33.2 Å². The minimum Gasteiger partial charge on any atom is -0.360 e. The normalized spacial score (nSPS) is 12.1. The topological polar surface area (TPSA) is 74.0 Å². The lowest BCUT2D eigenvalue weighted by atomic mass is 10.0. The summed E-state index contributed by atoms with van der Waals surface area (Å²) in [7, 11) is 0. The number of aromatic amines is 1. The Kier molecular flexibility index (Phi) is 6.26. The van der Waals surface area contributed by atoms with Crippen LogP contribution in [0.2, 0.25) is 0 Å². The van der Waals surface area contributed by atoms with Crippen molar-refractivity contribution in [1.29, 1.82) is 0 Å². The molecule has 5 nitrogen and oxygen atoms in total. The van der Waals surface area contributed by atoms with E-state index in [1.54, 1.807) is 18.3 Å². The van der Waals surface area contributed by atoms with Crippen LogP contribution in [0, 0.1) is 6.92 Å². The lowest BCUT2D eigenvalue weighted by Gasteiger charge is -2.12. The average molecular weight is 377 g/mol. The number of hydrogen-bond acceptors (Lipinski definition) is 3. The SMILES string of the molecule is CCNC(=O)c1ccc2c(C(=O)[C@@H](C)NCCc3ccc(C)cc3)c[nH]c2c1. The van der Waals surface area contributed by atoms with Gasteiger partial charge in [0, 0.05) is 34.8 Å². The fourth-order valence-electron chi connectivity index (χ4n) is 3.25. The van der Waals surface area contributed by atoms with E-state index in [1.165, 1.54) is 11.1 Å². The zero-order chi connectivity index (χ0) is 20.1. The van der Waals surface area contributed by atoms with Gasteiger partial charge in [-0.2, -0.15) is 0 Å². The molecule has 5 heteroatoms. The van der Waals surface area contributed by atoms with Crippen LogP contribution in [0.3, 0.4) is 0 Å². The molecule has 0 saturated carbocycles. The Morgan fingerprint density at radius 1 is 1.11 bits per heavy atom. The van der Waals surface area contributed by atoms with Gasteiger partial charge >= 0.3 is 0 Å². The zero-order valence-corrected chi connectivity index (χ0v) is 16.6. The number of Topliss-reactive ketones (excluding diaryl/α,β-unsaturated/α-hetero) is 1. The van der Waals surface area contributed by atoms with Crippen molar-refractivity contribution in [2.75, 3.05) is 13.1 Å². The summed E-state index contributed by atoms with van der Waals surface area (Å²) in [5.41, 5.74) is 4.52. The van der Waals surface area contributed by atoms with Crippen LogP contribution in [0.5, 0.6) is 0 Å². The van der Waals surface area contributed by atoms with Crippen LogP contribution >= 0.6 is 0 Å². The maximum absolute atomic E-state index is 12.9. The largest absolute Gasteiger partial charge is 0.360 e. The number of H-pyrrole nitrogens is 1. The number of aryl methyl sites for hydroxylation is 1. The van der Waals surface area contributed by atoms with Gasteiger partial charge in [0.1, 0.15) is 0 Å². The van der Waals surface area contributed by atoms with E-state index < -0.39 is 0 Å². The van der Waals surface area contributed by atoms with Gasteiger partial charge in [0.25, 0.3) is 5.91 Å². The molecule has 1 aromatic heterocycles. The molecule has 3 N–H and O–H groups in total. The molecule has 0 aliphatic rings. The molecule has 0 unspecified atom stereocenters. The van der Waals surface area contributed by atoms with E-state index in [0.717, 1.165) is 23.9 Å². The highest BCUT2D eigenvalue weighted by Crippen LogP contribution is 2.21. The standard InChI is InChI=1S/C23H27N3O2/c1-4-24-23(28)18-9-10-19-20(14-26-21(19)13-18)22(27)16(3)25-12-11-17-7-5-15(2)6-8-17/h5-10,13-14,16,25-26H,4,11-12H2,1-3H3,(H,24,28)/t16-/m1/s1. The molecule has 0 fully saturated rings. The van der Waals surface area contributed by atoms with E-state index in [2.05, 4.69) is 46.8 Å². The van der Waals surface area contributed by atoms with Crippen molar-refractivity contribution < 1.29 is 9.59 Å². The van der Waals surface area contributed by atoms with Crippen LogP contribution < -0.4 is 10.6 Å². The number of fused-ring (bicyclic) bond motifs is 1. The molecular weight excluding hydrogens is 350 g/mol. The molecule has 2 aromatic carbocycles. The summed E-state index contributed by atoms with van der Waals surface area (Å²) in [6.45, 7) is 7.16. The Labute approximate surface area is 165 Å². The fourth-order valence-corrected chi connectivity index (χ4v) is 3.25. The molecule has 146 valence electrons. The lowest BCUT2D eigenvalue weighted by Crippen LogP contribution is -2.35. The van der Waals surface area contributed by atoms with E-state index in [0.29, 0.717) is 17.7 Å². The number of carbonyl (C=O) groups excluding carboxylic acids is 2. The van der Waals surface area contributed by atoms with Gasteiger partial charge < -0.3 is 15.6 Å². The number of rotatable bonds is 8. The highest BCUT2D eigenvalue weighted by atomic mass is 16.1. The van der Waals surface area contributed by atoms with E-state index in [-0.39, 0.29) is 17.7 Å². The smallest absolute Gasteiger partial charge is 0.251 e. The number of aromatic nitrogens is 1. The van der Waals surface area contributed by atoms with Crippen LogP contribution in [0.4, 0.5) is 0 Å². The van der Waals surface area contributed by atoms with Crippen LogP contribution in [0.25, 0.3) is 10.9 Å². The quantitative estimate of drug-likeness (QED) is 0.525. The van der Waals surface area contributed by atoms with Crippen molar-refractivity contribution in [3.8, 4) is 0 Å². The average Bonchev–Trinajstić information content (AvgIpc) is 3.12. The number of nitrogens with one attached hydrogen (secondary N) is 3. The highest BCUT2D eigenvalue weighted by molar-refractivity contribution is 6.11. The summed E-state index contributed by atoms with van der Waals surface area (Å²) in [4.78, 5) is 28.0. The second-order valence-electron chi connectivity index (χ2n) is 7.10. The first-order chi connectivity index (χ1) is 13.5. The second kappa shape index (κ2) is 8.85. The molecule has 1 heterocycles. The van der Waals surface area contributed by atoms with Gasteiger partial charge in [-0.1, -0.05) is 35.9 Å². The first kappa shape index (κ1) is 19.8. The number of ketones is 1. The van der Waals surface area contributed by atoms with E-state index in [1.807, 2.05) is 19.9 Å². The first-order valence-electron chi connectivity index (χ1n) is 9.72. The second-order valence-corrected chi connectivity index (χ2v) is 7.10. The maximum atomic E-state index is 12.9. The predicted molar refractivity (Wildman–Crippen MR) is 113 cm³/mol. The van der Waals surface area contributed by atoms with Crippen LogP contribution in [-0.2, 0) is 6.42 Å². The minimum absolute atomic E-state index is 0.0425. The van der Waals surface area contributed by atoms with Gasteiger partial charge in [-0.25, -0.2) is 0 Å². The third-order valence-electron chi connectivity index (χ3n) is 4.92. The van der Waals surface area contributed by atoms with E-state index in [9.17, 15) is 9.59 Å². The van der Waals surface area contributed by atoms with Gasteiger partial charge in [0.2, 0.25) is 0 Å². The van der Waals surface area contributed by atoms with Gasteiger partial charge in [-0.15, -0.1) is 0 Å². The molecule has 28 heavy (non-hydrogen) atoms. The van der Waals surface area contributed by atoms with Crippen molar-refractivity contribution in [3.63, 3.8) is 0 Å². The fraction of sp³-hybridized carbons (Fsp3) is 0.304. The molecule has 1 amide bonds. The molecule has 0 saturated heterocycles. The zero-order valence-electron chi connectivity index (χ0n) is 16.6. The third-order valence-corrected chi connectivity index (χ3v) is 4.92. The molecule has 0 bridgehead atoms. The van der Waals surface area contributed by atoms with Gasteiger partial charge in [0.15, 0.2) is 5.78 Å². The summed E-state index contributed by atoms with van der Waals surface area (Å²) >= 11 is 0. The Balaban J connectivity index is 1.65. The molecular formula is C23H27N3O2. The van der Waals surface area contributed by atoms with Crippen molar-refractivity contribution in [2.24, 2.45) is 0 Å². The van der Waals surface area contributed by atoms with Crippen LogP contribution in [-0.4, -0.2) is 35.8 Å². The van der Waals surface area contributed by atoms with Crippen LogP contribution in [0.1, 0.15) is 45.7 Å². The van der Waals surface area contributed by atoms with Crippen molar-refractivity contribution in [1.82, 2.24) is 15.6 Å². The molecule has 0 spiro atoms. The number of amides is 1. The molecule has 0 aliphatic carbocycles. The van der Waals surface area contributed by atoms with E-state index >= 15 is 0 Å². The van der Waals surface area contributed by atoms with E-state index in [4.69, 9.17) is 0 Å². The Bertz CT molecular complexity index is 973. The number of carbonyl (C=O) groups is 2. The molecule has 3 aromatic rings. The van der Waals surface area contributed by atoms with Crippen molar-refractivity contribution in [3.05, 3.63) is 70.9 Å². The number of hydrogen-bond donors (Lipinski definition) is 3. The summed E-state index contributed by atoms with van der Waals surface area (Å²) < 4.78 is 0. The predicted octanol–water partition coefficient (Wildman–Crippen LogP) is 3.63. The molecule has 0 radical (unpaired) electrons. The molecule has 1 atom stereocenters. The van der Waals surface area contributed by atoms with Gasteiger partial charge in [0.05, 0.1) is 6.04 Å². The summed E-state index contributed by atoms with van der Waals surface area (Å²) in [6, 6.07) is 13.5. The highest BCUT2D eigenvalue weighted by Gasteiger charge is 2.19. The summed E-state index contributed by atoms with van der Waals surface area (Å²) in [6.07, 6.45) is 2.61. The van der Waals surface area contributed by atoms with Crippen molar-refractivity contribution >= 4 is 22.6 Å². The maximum Gasteiger partial charge on any atom is 0.251 e. The summed E-state index contributed by atoms with van der Waals surface area (Å²) in [5, 5.41) is 6.94. The monoisotopic (exact) mass is 377 g/mol. The Morgan fingerprint density at radius 2 is 1.86 bits per heavy atom. The Morgan fingerprint density at radius 3 is 2.57 bits per heavy atom. The Hall–Kier alpha value is -2.92. The number of benzene rings is 2. The minimum atomic E-state index is -0.285. The van der Waals surface area contributed by atoms with Gasteiger partial charge in [-0.3, -0.25) is 9.59 Å². The third kappa shape index (κ3) is 4.49.